The summed E-state index contributed by atoms with van der Waals surface area (Å²) in [4.78, 5) is 12.0. The van der Waals surface area contributed by atoms with Gasteiger partial charge in [0.1, 0.15) is 0 Å². The number of benzene rings is 1. The molecule has 100 valence electrons. The van der Waals surface area contributed by atoms with Crippen molar-refractivity contribution in [2.75, 3.05) is 13.2 Å². The lowest BCUT2D eigenvalue weighted by atomic mass is 10.00. The molecule has 0 aliphatic carbocycles. The van der Waals surface area contributed by atoms with E-state index in [1.165, 1.54) is 0 Å². The summed E-state index contributed by atoms with van der Waals surface area (Å²) in [5.74, 6) is 0.285. The molecule has 18 heavy (non-hydrogen) atoms. The fourth-order valence-electron chi connectivity index (χ4n) is 1.92. The number of hydrogen-bond donors (Lipinski definition) is 2. The number of carbonyl (C=O) groups excluding carboxylic acids is 1. The zero-order valence-corrected chi connectivity index (χ0v) is 12.2. The molecule has 1 aromatic rings. The molecule has 0 spiro atoms. The van der Waals surface area contributed by atoms with Crippen LogP contribution in [0, 0.1) is 5.92 Å². The van der Waals surface area contributed by atoms with Crippen molar-refractivity contribution in [3.63, 3.8) is 0 Å². The van der Waals surface area contributed by atoms with E-state index < -0.39 is 0 Å². The third kappa shape index (κ3) is 4.78. The monoisotopic (exact) mass is 313 g/mol. The van der Waals surface area contributed by atoms with E-state index in [2.05, 4.69) is 28.2 Å². The van der Waals surface area contributed by atoms with Gasteiger partial charge in [-0.15, -0.1) is 0 Å². The van der Waals surface area contributed by atoms with Crippen molar-refractivity contribution in [2.45, 2.75) is 26.2 Å². The van der Waals surface area contributed by atoms with E-state index in [0.717, 1.165) is 23.7 Å². The normalized spacial score (nSPS) is 12.2. The summed E-state index contributed by atoms with van der Waals surface area (Å²) < 4.78 is 0.802. The van der Waals surface area contributed by atoms with Gasteiger partial charge in [0.25, 0.3) is 5.91 Å². The average molecular weight is 314 g/mol. The lowest BCUT2D eigenvalue weighted by Gasteiger charge is -2.16. The smallest absolute Gasteiger partial charge is 0.252 e. The molecule has 2 N–H and O–H groups in total. The van der Waals surface area contributed by atoms with Crippen molar-refractivity contribution in [3.8, 4) is 0 Å². The Morgan fingerprint density at radius 1 is 1.39 bits per heavy atom. The summed E-state index contributed by atoms with van der Waals surface area (Å²) in [7, 11) is 0. The van der Waals surface area contributed by atoms with E-state index in [4.69, 9.17) is 5.11 Å². The molecule has 3 nitrogen and oxygen atoms in total. The third-order valence-electron chi connectivity index (χ3n) is 2.90. The second kappa shape index (κ2) is 8.27. The average Bonchev–Trinajstić information content (AvgIpc) is 2.36. The maximum absolute atomic E-state index is 12.0. The van der Waals surface area contributed by atoms with Crippen molar-refractivity contribution in [1.29, 1.82) is 0 Å². The zero-order valence-electron chi connectivity index (χ0n) is 10.7. The number of rotatable bonds is 7. The van der Waals surface area contributed by atoms with E-state index >= 15 is 0 Å². The van der Waals surface area contributed by atoms with E-state index in [0.29, 0.717) is 18.0 Å². The molecule has 0 aromatic heterocycles. The first-order valence-electron chi connectivity index (χ1n) is 6.32. The summed E-state index contributed by atoms with van der Waals surface area (Å²) in [6.45, 7) is 2.91. The van der Waals surface area contributed by atoms with Crippen molar-refractivity contribution in [1.82, 2.24) is 5.32 Å². The van der Waals surface area contributed by atoms with Crippen LogP contribution < -0.4 is 5.32 Å². The lowest BCUT2D eigenvalue weighted by Crippen LogP contribution is -2.30. The quantitative estimate of drug-likeness (QED) is 0.813. The maximum Gasteiger partial charge on any atom is 0.252 e. The number of aliphatic hydroxyl groups excluding tert-OH is 1. The third-order valence-corrected chi connectivity index (χ3v) is 3.60. The molecule has 1 atom stereocenters. The van der Waals surface area contributed by atoms with Crippen molar-refractivity contribution >= 4 is 21.8 Å². The molecule has 1 amide bonds. The van der Waals surface area contributed by atoms with Crippen LogP contribution in [0.2, 0.25) is 0 Å². The fraction of sp³-hybridized carbons (Fsp3) is 0.500. The van der Waals surface area contributed by atoms with E-state index in [1.54, 1.807) is 6.07 Å². The molecular formula is C14H20BrNO2. The van der Waals surface area contributed by atoms with E-state index in [9.17, 15) is 4.79 Å². The van der Waals surface area contributed by atoms with Gasteiger partial charge in [-0.1, -0.05) is 25.5 Å². The van der Waals surface area contributed by atoms with Crippen LogP contribution in [0.3, 0.4) is 0 Å². The second-order valence-corrected chi connectivity index (χ2v) is 5.21. The first kappa shape index (κ1) is 15.2. The first-order valence-corrected chi connectivity index (χ1v) is 7.12. The van der Waals surface area contributed by atoms with Crippen LogP contribution in [0.1, 0.15) is 36.5 Å². The first-order chi connectivity index (χ1) is 8.69. The molecule has 4 heteroatoms. The van der Waals surface area contributed by atoms with Crippen LogP contribution in [0.15, 0.2) is 28.7 Å². The number of aliphatic hydroxyl groups is 1. The Hall–Kier alpha value is -0.870. The number of hydrogen-bond acceptors (Lipinski definition) is 2. The minimum Gasteiger partial charge on any atom is -0.396 e. The Morgan fingerprint density at radius 2 is 2.11 bits per heavy atom. The largest absolute Gasteiger partial charge is 0.396 e. The van der Waals surface area contributed by atoms with Crippen LogP contribution in [0.25, 0.3) is 0 Å². The summed E-state index contributed by atoms with van der Waals surface area (Å²) >= 11 is 3.36. The van der Waals surface area contributed by atoms with E-state index in [1.807, 2.05) is 18.2 Å². The Kier molecular flexibility index (Phi) is 6.98. The Bertz CT molecular complexity index is 376. The molecule has 0 saturated carbocycles. The van der Waals surface area contributed by atoms with Gasteiger partial charge in [0.15, 0.2) is 0 Å². The molecular weight excluding hydrogens is 294 g/mol. The van der Waals surface area contributed by atoms with Gasteiger partial charge in [-0.3, -0.25) is 4.79 Å². The highest BCUT2D eigenvalue weighted by Crippen LogP contribution is 2.16. The van der Waals surface area contributed by atoms with Gasteiger partial charge >= 0.3 is 0 Å². The highest BCUT2D eigenvalue weighted by molar-refractivity contribution is 9.10. The predicted octanol–water partition coefficient (Wildman–Crippen LogP) is 2.98. The van der Waals surface area contributed by atoms with E-state index in [-0.39, 0.29) is 12.5 Å². The maximum atomic E-state index is 12.0. The van der Waals surface area contributed by atoms with Gasteiger partial charge in [0.2, 0.25) is 0 Å². The van der Waals surface area contributed by atoms with Crippen molar-refractivity contribution in [3.05, 3.63) is 34.3 Å². The predicted molar refractivity (Wildman–Crippen MR) is 76.6 cm³/mol. The topological polar surface area (TPSA) is 49.3 Å². The summed E-state index contributed by atoms with van der Waals surface area (Å²) in [6.07, 6.45) is 2.83. The molecule has 1 rings (SSSR count). The molecule has 1 aromatic carbocycles. The standard InChI is InChI=1S/C14H20BrNO2/c1-2-5-11(8-9-17)10-16-14(18)12-6-3-4-7-13(12)15/h3-4,6-7,11,17H,2,5,8-10H2,1H3,(H,16,18). The van der Waals surface area contributed by atoms with Crippen LogP contribution in [0.4, 0.5) is 0 Å². The van der Waals surface area contributed by atoms with Crippen LogP contribution >= 0.6 is 15.9 Å². The van der Waals surface area contributed by atoms with Gasteiger partial charge in [-0.25, -0.2) is 0 Å². The Labute approximate surface area is 117 Å². The second-order valence-electron chi connectivity index (χ2n) is 4.36. The van der Waals surface area contributed by atoms with Crippen LogP contribution in [-0.2, 0) is 0 Å². The molecule has 0 radical (unpaired) electrons. The highest BCUT2D eigenvalue weighted by Gasteiger charge is 2.12. The van der Waals surface area contributed by atoms with Crippen LogP contribution in [-0.4, -0.2) is 24.2 Å². The zero-order chi connectivity index (χ0) is 13.4. The molecule has 0 bridgehead atoms. The van der Waals surface area contributed by atoms with Gasteiger partial charge < -0.3 is 10.4 Å². The van der Waals surface area contributed by atoms with Gasteiger partial charge in [0.05, 0.1) is 5.56 Å². The van der Waals surface area contributed by atoms with Crippen molar-refractivity contribution in [2.24, 2.45) is 5.92 Å². The minimum absolute atomic E-state index is 0.0680. The summed E-state index contributed by atoms with van der Waals surface area (Å²) in [5.41, 5.74) is 0.650. The molecule has 0 aliphatic rings. The number of nitrogens with one attached hydrogen (secondary N) is 1. The number of carbonyl (C=O) groups is 1. The van der Waals surface area contributed by atoms with Crippen LogP contribution in [0.5, 0.6) is 0 Å². The fourth-order valence-corrected chi connectivity index (χ4v) is 2.38. The minimum atomic E-state index is -0.0680. The van der Waals surface area contributed by atoms with Gasteiger partial charge in [-0.05, 0) is 46.8 Å². The molecule has 0 aliphatic heterocycles. The molecule has 0 saturated heterocycles. The molecule has 1 unspecified atom stereocenters. The van der Waals surface area contributed by atoms with Gasteiger partial charge in [-0.2, -0.15) is 0 Å². The molecule has 0 heterocycles. The number of amides is 1. The SMILES string of the molecule is CCCC(CCO)CNC(=O)c1ccccc1Br. The Balaban J connectivity index is 2.52. The summed E-state index contributed by atoms with van der Waals surface area (Å²) in [6, 6.07) is 7.37. The van der Waals surface area contributed by atoms with Gasteiger partial charge in [0, 0.05) is 17.6 Å². The summed E-state index contributed by atoms with van der Waals surface area (Å²) in [5, 5.41) is 11.9. The highest BCUT2D eigenvalue weighted by atomic mass is 79.9. The Morgan fingerprint density at radius 3 is 2.72 bits per heavy atom. The lowest BCUT2D eigenvalue weighted by molar-refractivity contribution is 0.0942. The van der Waals surface area contributed by atoms with Crippen molar-refractivity contribution < 1.29 is 9.90 Å². The number of halogens is 1. The molecule has 0 fully saturated rings.